The third-order valence-corrected chi connectivity index (χ3v) is 1.64. The van der Waals surface area contributed by atoms with Gasteiger partial charge in [0, 0.05) is 0 Å². The van der Waals surface area contributed by atoms with Gasteiger partial charge in [0.05, 0.1) is 5.56 Å². The molecule has 4 heteroatoms. The van der Waals surface area contributed by atoms with E-state index in [1.165, 1.54) is 0 Å². The van der Waals surface area contributed by atoms with Crippen LogP contribution in [-0.4, -0.2) is 24.0 Å². The Morgan fingerprint density at radius 1 is 1.57 bits per heavy atom. The van der Waals surface area contributed by atoms with Crippen LogP contribution in [0.2, 0.25) is 0 Å². The van der Waals surface area contributed by atoms with Crippen LogP contribution in [-0.2, 0) is 4.79 Å². The maximum atomic E-state index is 10.6. The summed E-state index contributed by atoms with van der Waals surface area (Å²) < 4.78 is 4.91. The van der Waals surface area contributed by atoms with Crippen LogP contribution in [0, 0.1) is 6.92 Å². The summed E-state index contributed by atoms with van der Waals surface area (Å²) in [7, 11) is 0. The fourth-order valence-corrected chi connectivity index (χ4v) is 1.03. The molecule has 0 fully saturated rings. The van der Waals surface area contributed by atoms with Crippen molar-refractivity contribution < 1.29 is 19.4 Å². The number of hydrogen-bond donors (Lipinski definition) is 1. The van der Waals surface area contributed by atoms with Gasteiger partial charge in [0.25, 0.3) is 0 Å². The number of rotatable bonds is 4. The van der Waals surface area contributed by atoms with E-state index < -0.39 is 12.6 Å². The molecule has 0 aliphatic carbocycles. The number of benzene rings is 1. The molecule has 1 aromatic carbocycles. The minimum atomic E-state index is -1.07. The van der Waals surface area contributed by atoms with Gasteiger partial charge >= 0.3 is 5.97 Å². The molecule has 0 aromatic heterocycles. The average Bonchev–Trinajstić information content (AvgIpc) is 2.15. The van der Waals surface area contributed by atoms with E-state index in [9.17, 15) is 9.59 Å². The SMILES string of the molecule is Cc1ccc(OCC(=O)O)c(C=O)c1. The van der Waals surface area contributed by atoms with Crippen LogP contribution in [0.15, 0.2) is 18.2 Å². The van der Waals surface area contributed by atoms with Gasteiger partial charge in [-0.1, -0.05) is 11.6 Å². The van der Waals surface area contributed by atoms with E-state index in [1.807, 2.05) is 6.92 Å². The van der Waals surface area contributed by atoms with Gasteiger partial charge in [-0.15, -0.1) is 0 Å². The number of aliphatic carboxylic acids is 1. The van der Waals surface area contributed by atoms with Crippen LogP contribution in [0.4, 0.5) is 0 Å². The zero-order valence-corrected chi connectivity index (χ0v) is 7.69. The van der Waals surface area contributed by atoms with Crippen LogP contribution >= 0.6 is 0 Å². The van der Waals surface area contributed by atoms with Gasteiger partial charge in [-0.2, -0.15) is 0 Å². The van der Waals surface area contributed by atoms with E-state index in [2.05, 4.69) is 0 Å². The monoisotopic (exact) mass is 194 g/mol. The van der Waals surface area contributed by atoms with Crippen molar-refractivity contribution in [2.24, 2.45) is 0 Å². The van der Waals surface area contributed by atoms with Crippen molar-refractivity contribution in [1.82, 2.24) is 0 Å². The van der Waals surface area contributed by atoms with Crippen molar-refractivity contribution >= 4 is 12.3 Å². The fourth-order valence-electron chi connectivity index (χ4n) is 1.03. The minimum Gasteiger partial charge on any atom is -0.481 e. The first kappa shape index (κ1) is 10.2. The highest BCUT2D eigenvalue weighted by molar-refractivity contribution is 5.80. The predicted molar refractivity (Wildman–Crippen MR) is 49.7 cm³/mol. The lowest BCUT2D eigenvalue weighted by molar-refractivity contribution is -0.139. The summed E-state index contributed by atoms with van der Waals surface area (Å²) in [5.74, 6) is -0.768. The molecule has 0 aliphatic heterocycles. The number of carboxylic acid groups (broad SMARTS) is 1. The molecule has 1 aromatic rings. The Morgan fingerprint density at radius 2 is 2.29 bits per heavy atom. The number of hydrogen-bond acceptors (Lipinski definition) is 3. The fraction of sp³-hybridized carbons (Fsp3) is 0.200. The van der Waals surface area contributed by atoms with Crippen LogP contribution in [0.3, 0.4) is 0 Å². The van der Waals surface area contributed by atoms with E-state index in [0.717, 1.165) is 5.56 Å². The van der Waals surface area contributed by atoms with Crippen molar-refractivity contribution in [3.8, 4) is 5.75 Å². The highest BCUT2D eigenvalue weighted by Gasteiger charge is 2.04. The number of carbonyl (C=O) groups is 2. The number of aryl methyl sites for hydroxylation is 1. The van der Waals surface area contributed by atoms with Gasteiger partial charge in [0.2, 0.25) is 0 Å². The second-order valence-electron chi connectivity index (χ2n) is 2.84. The molecule has 1 rings (SSSR count). The first-order valence-corrected chi connectivity index (χ1v) is 4.04. The summed E-state index contributed by atoms with van der Waals surface area (Å²) >= 11 is 0. The van der Waals surface area contributed by atoms with Gasteiger partial charge < -0.3 is 9.84 Å². The topological polar surface area (TPSA) is 63.6 Å². The quantitative estimate of drug-likeness (QED) is 0.733. The molecule has 1 N–H and O–H groups in total. The number of ether oxygens (including phenoxy) is 1. The molecule has 74 valence electrons. The molecule has 0 spiro atoms. The Hall–Kier alpha value is -1.84. The van der Waals surface area contributed by atoms with Crippen molar-refractivity contribution in [1.29, 1.82) is 0 Å². The molecule has 0 radical (unpaired) electrons. The zero-order valence-electron chi connectivity index (χ0n) is 7.69. The van der Waals surface area contributed by atoms with Crippen LogP contribution in [0.25, 0.3) is 0 Å². The smallest absolute Gasteiger partial charge is 0.341 e. The van der Waals surface area contributed by atoms with E-state index >= 15 is 0 Å². The second kappa shape index (κ2) is 4.41. The second-order valence-corrected chi connectivity index (χ2v) is 2.84. The highest BCUT2D eigenvalue weighted by Crippen LogP contribution is 2.17. The highest BCUT2D eigenvalue weighted by atomic mass is 16.5. The standard InChI is InChI=1S/C10H10O4/c1-7-2-3-9(8(4-7)5-11)14-6-10(12)13/h2-5H,6H2,1H3,(H,12,13). The predicted octanol–water partition coefficient (Wildman–Crippen LogP) is 1.27. The van der Waals surface area contributed by atoms with E-state index in [-0.39, 0.29) is 0 Å². The number of carbonyl (C=O) groups excluding carboxylic acids is 1. The summed E-state index contributed by atoms with van der Waals surface area (Å²) in [5.41, 5.74) is 1.29. The Labute approximate surface area is 81.1 Å². The van der Waals surface area contributed by atoms with Crippen LogP contribution in [0.1, 0.15) is 15.9 Å². The minimum absolute atomic E-state index is 0.299. The maximum absolute atomic E-state index is 10.6. The van der Waals surface area contributed by atoms with Crippen molar-refractivity contribution in [3.63, 3.8) is 0 Å². The molecule has 0 saturated heterocycles. The Morgan fingerprint density at radius 3 is 2.86 bits per heavy atom. The van der Waals surface area contributed by atoms with E-state index in [1.54, 1.807) is 18.2 Å². The van der Waals surface area contributed by atoms with Crippen molar-refractivity contribution in [2.45, 2.75) is 6.92 Å². The molecule has 0 aliphatic rings. The normalized spacial score (nSPS) is 9.50. The summed E-state index contributed by atoms with van der Waals surface area (Å²) in [6, 6.07) is 4.98. The molecule has 0 bridgehead atoms. The van der Waals surface area contributed by atoms with Gasteiger partial charge in [0.15, 0.2) is 12.9 Å². The van der Waals surface area contributed by atoms with Crippen LogP contribution in [0.5, 0.6) is 5.75 Å². The Kier molecular flexibility index (Phi) is 3.23. The van der Waals surface area contributed by atoms with Gasteiger partial charge in [-0.25, -0.2) is 4.79 Å². The molecule has 14 heavy (non-hydrogen) atoms. The van der Waals surface area contributed by atoms with Crippen LogP contribution < -0.4 is 4.74 Å². The molecule has 4 nitrogen and oxygen atoms in total. The van der Waals surface area contributed by atoms with Gasteiger partial charge in [-0.05, 0) is 19.1 Å². The Balaban J connectivity index is 2.85. The lowest BCUT2D eigenvalue weighted by Gasteiger charge is -2.06. The van der Waals surface area contributed by atoms with E-state index in [4.69, 9.17) is 9.84 Å². The third kappa shape index (κ3) is 2.58. The largest absolute Gasteiger partial charge is 0.481 e. The number of carboxylic acids is 1. The number of aldehydes is 1. The maximum Gasteiger partial charge on any atom is 0.341 e. The zero-order chi connectivity index (χ0) is 10.6. The van der Waals surface area contributed by atoms with E-state index in [0.29, 0.717) is 17.6 Å². The summed E-state index contributed by atoms with van der Waals surface area (Å²) in [6.45, 7) is 1.40. The third-order valence-electron chi connectivity index (χ3n) is 1.64. The van der Waals surface area contributed by atoms with Crippen molar-refractivity contribution in [2.75, 3.05) is 6.61 Å². The molecular weight excluding hydrogens is 184 g/mol. The molecule has 0 amide bonds. The lowest BCUT2D eigenvalue weighted by atomic mass is 10.1. The summed E-state index contributed by atoms with van der Waals surface area (Å²) in [6.07, 6.45) is 0.643. The molecule has 0 saturated carbocycles. The first-order chi connectivity index (χ1) is 6.63. The molecular formula is C10H10O4. The van der Waals surface area contributed by atoms with Gasteiger partial charge in [-0.3, -0.25) is 4.79 Å². The summed E-state index contributed by atoms with van der Waals surface area (Å²) in [5, 5.41) is 8.38. The average molecular weight is 194 g/mol. The molecule has 0 unspecified atom stereocenters. The Bertz CT molecular complexity index is 357. The summed E-state index contributed by atoms with van der Waals surface area (Å²) in [4.78, 5) is 20.8. The first-order valence-electron chi connectivity index (χ1n) is 4.04. The van der Waals surface area contributed by atoms with Crippen molar-refractivity contribution in [3.05, 3.63) is 29.3 Å². The lowest BCUT2D eigenvalue weighted by Crippen LogP contribution is -2.10. The molecule has 0 heterocycles. The van der Waals surface area contributed by atoms with Gasteiger partial charge in [0.1, 0.15) is 5.75 Å². The molecule has 0 atom stereocenters.